The number of rotatable bonds is 29. The second-order valence-corrected chi connectivity index (χ2v) is 16.2. The summed E-state index contributed by atoms with van der Waals surface area (Å²) in [5.41, 5.74) is 24.9. The summed E-state index contributed by atoms with van der Waals surface area (Å²) in [5, 5.41) is 25.7. The van der Waals surface area contributed by atoms with Crippen molar-refractivity contribution in [1.29, 1.82) is 0 Å². The standard InChI is InChI=1S/C45H62N14O9/c1-2-3-13-30(46)39(63)55-33(16-17-37(47)60)42(66)59-36(21-28-23-50-25-54-28)44(68)57-34(19-26-10-5-4-6-11-26)43(67)56-32(15-9-18-51-45(48)49)41(65)58-35(40(64)53-24-38(61)62)20-27-22-52-31-14-8-7-12-29(27)31/h4-8,10-12,14,22-23,25,30,32-36,52H,2-3,9,13,15-21,24,46H2,1H3,(H2,47,60)(H,50,54)(H,53,64)(H,55,63)(H,56,67)(H,57,68)(H,58,65)(H,59,66)(H,61,62)(H4,48,49,51)/t30-,32-,33-,34-,35-,36-/m0/s1. The molecule has 0 radical (unpaired) electrons. The lowest BCUT2D eigenvalue weighted by Crippen LogP contribution is -2.60. The van der Waals surface area contributed by atoms with Gasteiger partial charge in [-0.15, -0.1) is 0 Å². The number of fused-ring (bicyclic) bond motifs is 1. The first kappa shape index (κ1) is 52.8. The number of carbonyl (C=O) groups is 8. The number of H-pyrrole nitrogens is 2. The number of unbranched alkanes of at least 4 members (excludes halogenated alkanes) is 1. The van der Waals surface area contributed by atoms with Crippen LogP contribution in [-0.2, 0) is 57.6 Å². The average molecular weight is 943 g/mol. The van der Waals surface area contributed by atoms with Gasteiger partial charge in [-0.05, 0) is 42.9 Å². The number of aromatic nitrogens is 3. The first-order chi connectivity index (χ1) is 32.5. The minimum absolute atomic E-state index is 0.0596. The molecule has 0 saturated carbocycles. The van der Waals surface area contributed by atoms with Crippen LogP contribution in [0.5, 0.6) is 0 Å². The molecule has 7 amide bonds. The third kappa shape index (κ3) is 17.5. The van der Waals surface area contributed by atoms with Gasteiger partial charge >= 0.3 is 5.97 Å². The smallest absolute Gasteiger partial charge is 0.322 e. The molecule has 68 heavy (non-hydrogen) atoms. The number of carboxylic acid groups (broad SMARTS) is 1. The van der Waals surface area contributed by atoms with Crippen LogP contribution in [0.4, 0.5) is 0 Å². The van der Waals surface area contributed by atoms with E-state index in [4.69, 9.17) is 22.9 Å². The normalized spacial score (nSPS) is 13.6. The molecule has 2 aromatic carbocycles. The van der Waals surface area contributed by atoms with Gasteiger partial charge in [0.05, 0.1) is 12.4 Å². The van der Waals surface area contributed by atoms with E-state index >= 15 is 0 Å². The Morgan fingerprint density at radius 2 is 1.26 bits per heavy atom. The molecule has 17 N–H and O–H groups in total. The van der Waals surface area contributed by atoms with Gasteiger partial charge in [-0.25, -0.2) is 4.98 Å². The first-order valence-electron chi connectivity index (χ1n) is 22.2. The number of hydrogen-bond acceptors (Lipinski definition) is 11. The van der Waals surface area contributed by atoms with E-state index in [-0.39, 0.29) is 57.5 Å². The maximum absolute atomic E-state index is 14.5. The number of carboxylic acids is 1. The highest BCUT2D eigenvalue weighted by molar-refractivity contribution is 5.97. The van der Waals surface area contributed by atoms with Gasteiger partial charge in [-0.1, -0.05) is 68.3 Å². The molecule has 23 nitrogen and oxygen atoms in total. The van der Waals surface area contributed by atoms with Gasteiger partial charge in [-0.2, -0.15) is 0 Å². The number of nitrogens with one attached hydrogen (secondary N) is 8. The third-order valence-corrected chi connectivity index (χ3v) is 10.8. The molecule has 0 spiro atoms. The molecule has 0 unspecified atom stereocenters. The van der Waals surface area contributed by atoms with E-state index in [1.807, 2.05) is 25.1 Å². The number of guanidine groups is 1. The highest BCUT2D eigenvalue weighted by Crippen LogP contribution is 2.19. The van der Waals surface area contributed by atoms with Gasteiger partial charge in [-0.3, -0.25) is 43.3 Å². The Hall–Kier alpha value is -7.82. The number of aliphatic carboxylic acids is 1. The maximum atomic E-state index is 14.5. The lowest BCUT2D eigenvalue weighted by molar-refractivity contribution is -0.138. The number of carbonyl (C=O) groups excluding carboxylic acids is 7. The molecular formula is C45H62N14O9. The molecular weight excluding hydrogens is 881 g/mol. The molecule has 0 fully saturated rings. The summed E-state index contributed by atoms with van der Waals surface area (Å²) < 4.78 is 0. The number of aromatic amines is 2. The predicted octanol–water partition coefficient (Wildman–Crippen LogP) is -1.62. The molecule has 0 saturated heterocycles. The van der Waals surface area contributed by atoms with Crippen molar-refractivity contribution < 1.29 is 43.5 Å². The zero-order valence-electron chi connectivity index (χ0n) is 37.8. The topological polar surface area (TPSA) is 390 Å². The molecule has 23 heteroatoms. The summed E-state index contributed by atoms with van der Waals surface area (Å²) >= 11 is 0. The fourth-order valence-corrected chi connectivity index (χ4v) is 7.15. The minimum atomic E-state index is -1.40. The lowest BCUT2D eigenvalue weighted by Gasteiger charge is -2.27. The van der Waals surface area contributed by atoms with Gasteiger partial charge in [0.25, 0.3) is 0 Å². The molecule has 366 valence electrons. The molecule has 0 aliphatic heterocycles. The zero-order chi connectivity index (χ0) is 49.6. The summed E-state index contributed by atoms with van der Waals surface area (Å²) in [6.45, 7) is 1.26. The summed E-state index contributed by atoms with van der Waals surface area (Å²) in [4.78, 5) is 121. The second kappa shape index (κ2) is 27.0. The van der Waals surface area contributed by atoms with Crippen LogP contribution in [0, 0.1) is 0 Å². The van der Waals surface area contributed by atoms with Crippen LogP contribution in [0.3, 0.4) is 0 Å². The number of nitrogens with zero attached hydrogens (tertiary/aromatic N) is 2. The van der Waals surface area contributed by atoms with Crippen molar-refractivity contribution in [3.05, 3.63) is 90.1 Å². The van der Waals surface area contributed by atoms with Gasteiger partial charge < -0.3 is 69.9 Å². The van der Waals surface area contributed by atoms with E-state index in [2.05, 4.69) is 51.8 Å². The van der Waals surface area contributed by atoms with Crippen LogP contribution in [0.2, 0.25) is 0 Å². The average Bonchev–Trinajstić information content (AvgIpc) is 3.99. The molecule has 4 aromatic rings. The Morgan fingerprint density at radius 1 is 0.676 bits per heavy atom. The number of aliphatic imine (C=N–C) groups is 1. The van der Waals surface area contributed by atoms with E-state index in [0.717, 1.165) is 17.3 Å². The predicted molar refractivity (Wildman–Crippen MR) is 251 cm³/mol. The first-order valence-corrected chi connectivity index (χ1v) is 22.2. The number of nitrogens with two attached hydrogens (primary N) is 4. The quantitative estimate of drug-likeness (QED) is 0.0166. The van der Waals surface area contributed by atoms with Crippen molar-refractivity contribution in [1.82, 2.24) is 46.9 Å². The van der Waals surface area contributed by atoms with E-state index in [9.17, 15) is 43.5 Å². The fraction of sp³-hybridized carbons (Fsp3) is 0.422. The summed E-state index contributed by atoms with van der Waals surface area (Å²) in [6.07, 6.45) is 5.52. The monoisotopic (exact) mass is 942 g/mol. The number of hydrogen-bond donors (Lipinski definition) is 13. The largest absolute Gasteiger partial charge is 0.480 e. The van der Waals surface area contributed by atoms with Gasteiger partial charge in [0.15, 0.2) is 5.96 Å². The van der Waals surface area contributed by atoms with Crippen molar-refractivity contribution in [2.24, 2.45) is 27.9 Å². The van der Waals surface area contributed by atoms with E-state index in [1.54, 1.807) is 42.6 Å². The Morgan fingerprint density at radius 3 is 1.88 bits per heavy atom. The fourth-order valence-electron chi connectivity index (χ4n) is 7.15. The number of benzene rings is 2. The van der Waals surface area contributed by atoms with Crippen molar-refractivity contribution in [3.8, 4) is 0 Å². The Labute approximate surface area is 392 Å². The highest BCUT2D eigenvalue weighted by atomic mass is 16.4. The molecule has 6 atom stereocenters. The van der Waals surface area contributed by atoms with Crippen LogP contribution in [-0.4, -0.2) is 123 Å². The Balaban J connectivity index is 1.64. The van der Waals surface area contributed by atoms with Gasteiger partial charge in [0.1, 0.15) is 36.8 Å². The number of primary amides is 1. The van der Waals surface area contributed by atoms with Gasteiger partial charge in [0.2, 0.25) is 41.4 Å². The van der Waals surface area contributed by atoms with Crippen LogP contribution in [0.15, 0.2) is 78.3 Å². The molecule has 4 rings (SSSR count). The van der Waals surface area contributed by atoms with Crippen molar-refractivity contribution >= 4 is 64.2 Å². The van der Waals surface area contributed by atoms with E-state index in [1.165, 1.54) is 12.5 Å². The zero-order valence-corrected chi connectivity index (χ0v) is 37.8. The second-order valence-electron chi connectivity index (χ2n) is 16.2. The molecule has 0 aliphatic carbocycles. The van der Waals surface area contributed by atoms with Crippen molar-refractivity contribution in [2.45, 2.75) is 107 Å². The molecule has 0 bridgehead atoms. The third-order valence-electron chi connectivity index (χ3n) is 10.8. The van der Waals surface area contributed by atoms with Crippen molar-refractivity contribution in [2.75, 3.05) is 13.1 Å². The molecule has 2 heterocycles. The highest BCUT2D eigenvalue weighted by Gasteiger charge is 2.34. The van der Waals surface area contributed by atoms with Crippen molar-refractivity contribution in [3.63, 3.8) is 0 Å². The van der Waals surface area contributed by atoms with E-state index in [0.29, 0.717) is 29.7 Å². The summed E-state index contributed by atoms with van der Waals surface area (Å²) in [5.74, 6) is -7.00. The molecule has 2 aromatic heterocycles. The summed E-state index contributed by atoms with van der Waals surface area (Å²) in [7, 11) is 0. The number of imidazole rings is 1. The SMILES string of the molecule is CCCC[C@H](N)C(=O)N[C@@H](CCC(N)=O)C(=O)N[C@@H](Cc1cnc[nH]1)C(=O)N[C@@H](Cc1ccccc1)C(=O)N[C@@H](CCCN=C(N)N)C(=O)N[C@@H](Cc1c[nH]c2ccccc12)C(=O)NCC(=O)O. The minimum Gasteiger partial charge on any atom is -0.480 e. The Kier molecular flexibility index (Phi) is 20.9. The maximum Gasteiger partial charge on any atom is 0.322 e. The lowest BCUT2D eigenvalue weighted by atomic mass is 10.0. The number of amides is 7. The Bertz CT molecular complexity index is 2350. The van der Waals surface area contributed by atoms with Crippen LogP contribution >= 0.6 is 0 Å². The number of para-hydroxylation sites is 1. The van der Waals surface area contributed by atoms with Gasteiger partial charge in [0, 0.05) is 61.2 Å². The summed E-state index contributed by atoms with van der Waals surface area (Å²) in [6, 6.07) is 8.19. The van der Waals surface area contributed by atoms with Crippen LogP contribution in [0.25, 0.3) is 10.9 Å². The van der Waals surface area contributed by atoms with Crippen LogP contribution < -0.4 is 54.8 Å². The van der Waals surface area contributed by atoms with E-state index < -0.39 is 90.1 Å². The molecule has 0 aliphatic rings. The van der Waals surface area contributed by atoms with Crippen LogP contribution in [0.1, 0.15) is 68.7 Å².